The van der Waals surface area contributed by atoms with Crippen LogP contribution in [-0.2, 0) is 6.42 Å². The highest BCUT2D eigenvalue weighted by atomic mass is 16.5. The molecule has 1 aromatic heterocycles. The molecule has 3 rings (SSSR count). The van der Waals surface area contributed by atoms with E-state index >= 15 is 0 Å². The molecule has 2 aromatic rings. The van der Waals surface area contributed by atoms with Crippen molar-refractivity contribution in [3.8, 4) is 5.75 Å². The van der Waals surface area contributed by atoms with Crippen LogP contribution in [0, 0.1) is 0 Å². The largest absolute Gasteiger partial charge is 0.497 e. The summed E-state index contributed by atoms with van der Waals surface area (Å²) in [5, 5.41) is 3.21. The third-order valence-electron chi connectivity index (χ3n) is 4.60. The van der Waals surface area contributed by atoms with E-state index in [1.165, 1.54) is 18.4 Å². The van der Waals surface area contributed by atoms with E-state index in [1.807, 2.05) is 23.1 Å². The van der Waals surface area contributed by atoms with E-state index in [0.717, 1.165) is 38.1 Å². The van der Waals surface area contributed by atoms with E-state index < -0.39 is 0 Å². The lowest BCUT2D eigenvalue weighted by atomic mass is 10.1. The molecule has 0 radical (unpaired) electrons. The van der Waals surface area contributed by atoms with E-state index in [2.05, 4.69) is 21.4 Å². The minimum absolute atomic E-state index is 0.00476. The smallest absolute Gasteiger partial charge is 0.272 e. The van der Waals surface area contributed by atoms with Gasteiger partial charge in [0, 0.05) is 25.8 Å². The molecule has 26 heavy (non-hydrogen) atoms. The van der Waals surface area contributed by atoms with Crippen LogP contribution in [0.1, 0.15) is 41.7 Å². The molecule has 1 N–H and O–H groups in total. The van der Waals surface area contributed by atoms with Crippen molar-refractivity contribution >= 4 is 11.9 Å². The topological polar surface area (TPSA) is 67.3 Å². The van der Waals surface area contributed by atoms with Crippen LogP contribution >= 0.6 is 0 Å². The normalized spacial score (nSPS) is 14.6. The monoisotopic (exact) mass is 354 g/mol. The van der Waals surface area contributed by atoms with Crippen molar-refractivity contribution in [2.45, 2.75) is 32.1 Å². The third kappa shape index (κ3) is 4.94. The Bertz CT molecular complexity index is 727. The summed E-state index contributed by atoms with van der Waals surface area (Å²) in [6.07, 6.45) is 7.01. The van der Waals surface area contributed by atoms with Gasteiger partial charge in [-0.2, -0.15) is 0 Å². The second kappa shape index (κ2) is 9.17. The Balaban J connectivity index is 1.57. The zero-order chi connectivity index (χ0) is 18.2. The highest BCUT2D eigenvalue weighted by Gasteiger charge is 2.18. The van der Waals surface area contributed by atoms with Crippen LogP contribution in [0.5, 0.6) is 5.75 Å². The molecule has 0 bridgehead atoms. The van der Waals surface area contributed by atoms with Crippen molar-refractivity contribution in [2.24, 2.45) is 0 Å². The predicted octanol–water partition coefficient (Wildman–Crippen LogP) is 3.16. The summed E-state index contributed by atoms with van der Waals surface area (Å²) in [5.41, 5.74) is 1.64. The SMILES string of the molecule is COc1cccc(CCNc2nccc(C(=O)N3CCCCCC3)n2)c1. The summed E-state index contributed by atoms with van der Waals surface area (Å²) in [6, 6.07) is 9.68. The molecule has 0 saturated carbocycles. The predicted molar refractivity (Wildman–Crippen MR) is 102 cm³/mol. The molecule has 0 atom stereocenters. The molecule has 1 aromatic carbocycles. The molecule has 1 saturated heterocycles. The number of hydrogen-bond acceptors (Lipinski definition) is 5. The first-order valence-electron chi connectivity index (χ1n) is 9.25. The van der Waals surface area contributed by atoms with Gasteiger partial charge in [-0.15, -0.1) is 0 Å². The van der Waals surface area contributed by atoms with Crippen molar-refractivity contribution < 1.29 is 9.53 Å². The van der Waals surface area contributed by atoms with Crippen LogP contribution in [0.2, 0.25) is 0 Å². The van der Waals surface area contributed by atoms with E-state index in [0.29, 0.717) is 18.2 Å². The van der Waals surface area contributed by atoms with Gasteiger partial charge in [0.2, 0.25) is 5.95 Å². The van der Waals surface area contributed by atoms with Gasteiger partial charge in [0.15, 0.2) is 0 Å². The zero-order valence-electron chi connectivity index (χ0n) is 15.3. The highest BCUT2D eigenvalue weighted by Crippen LogP contribution is 2.14. The molecule has 1 aliphatic heterocycles. The Morgan fingerprint density at radius 2 is 2.00 bits per heavy atom. The fourth-order valence-corrected chi connectivity index (χ4v) is 3.15. The Hall–Kier alpha value is -2.63. The number of likely N-dealkylation sites (tertiary alicyclic amines) is 1. The number of methoxy groups -OCH3 is 1. The van der Waals surface area contributed by atoms with Crippen LogP contribution < -0.4 is 10.1 Å². The fourth-order valence-electron chi connectivity index (χ4n) is 3.15. The zero-order valence-corrected chi connectivity index (χ0v) is 15.3. The van der Waals surface area contributed by atoms with Crippen LogP contribution in [0.15, 0.2) is 36.5 Å². The first kappa shape index (κ1) is 18.2. The summed E-state index contributed by atoms with van der Waals surface area (Å²) >= 11 is 0. The Kier molecular flexibility index (Phi) is 6.41. The number of benzene rings is 1. The fraction of sp³-hybridized carbons (Fsp3) is 0.450. The number of anilines is 1. The average Bonchev–Trinajstić information content (AvgIpc) is 2.97. The van der Waals surface area contributed by atoms with E-state index in [4.69, 9.17) is 4.74 Å². The molecule has 1 fully saturated rings. The van der Waals surface area contributed by atoms with E-state index in [1.54, 1.807) is 19.4 Å². The van der Waals surface area contributed by atoms with Crippen molar-refractivity contribution in [2.75, 3.05) is 32.1 Å². The molecule has 6 nitrogen and oxygen atoms in total. The molecule has 0 spiro atoms. The number of carbonyl (C=O) groups is 1. The number of aromatic nitrogens is 2. The first-order chi connectivity index (χ1) is 12.8. The van der Waals surface area contributed by atoms with Crippen LogP contribution in [0.4, 0.5) is 5.95 Å². The lowest BCUT2D eigenvalue weighted by Crippen LogP contribution is -2.32. The average molecular weight is 354 g/mol. The van der Waals surface area contributed by atoms with Crippen molar-refractivity contribution in [1.82, 2.24) is 14.9 Å². The second-order valence-corrected chi connectivity index (χ2v) is 6.50. The van der Waals surface area contributed by atoms with Gasteiger partial charge < -0.3 is 15.0 Å². The highest BCUT2D eigenvalue weighted by molar-refractivity contribution is 5.92. The van der Waals surface area contributed by atoms with Crippen LogP contribution in [0.3, 0.4) is 0 Å². The number of ether oxygens (including phenoxy) is 1. The molecule has 2 heterocycles. The van der Waals surface area contributed by atoms with Gasteiger partial charge in [0.1, 0.15) is 11.4 Å². The minimum Gasteiger partial charge on any atom is -0.497 e. The molecule has 0 unspecified atom stereocenters. The lowest BCUT2D eigenvalue weighted by molar-refractivity contribution is 0.0755. The maximum Gasteiger partial charge on any atom is 0.272 e. The number of amides is 1. The van der Waals surface area contributed by atoms with Crippen molar-refractivity contribution in [3.63, 3.8) is 0 Å². The molecule has 0 aliphatic carbocycles. The number of carbonyl (C=O) groups excluding carboxylic acids is 1. The van der Waals surface area contributed by atoms with E-state index in [9.17, 15) is 4.79 Å². The van der Waals surface area contributed by atoms with Crippen LogP contribution in [0.25, 0.3) is 0 Å². The first-order valence-corrected chi connectivity index (χ1v) is 9.25. The van der Waals surface area contributed by atoms with Gasteiger partial charge in [-0.3, -0.25) is 4.79 Å². The summed E-state index contributed by atoms with van der Waals surface area (Å²) in [4.78, 5) is 23.2. The Labute approximate surface area is 154 Å². The molecule has 1 aliphatic rings. The van der Waals surface area contributed by atoms with Gasteiger partial charge in [-0.25, -0.2) is 9.97 Å². The number of hydrogen-bond donors (Lipinski definition) is 1. The van der Waals surface area contributed by atoms with Gasteiger partial charge >= 0.3 is 0 Å². The standard InChI is InChI=1S/C20H26N4O2/c1-26-17-8-6-7-16(15-17)9-11-21-20-22-12-10-18(23-20)19(25)24-13-4-2-3-5-14-24/h6-8,10,12,15H,2-5,9,11,13-14H2,1H3,(H,21,22,23). The third-order valence-corrected chi connectivity index (χ3v) is 4.60. The maximum absolute atomic E-state index is 12.7. The molecular formula is C20H26N4O2. The van der Waals surface area contributed by atoms with Crippen molar-refractivity contribution in [3.05, 3.63) is 47.8 Å². The lowest BCUT2D eigenvalue weighted by Gasteiger charge is -2.19. The number of nitrogens with zero attached hydrogens (tertiary/aromatic N) is 3. The summed E-state index contributed by atoms with van der Waals surface area (Å²) < 4.78 is 5.24. The summed E-state index contributed by atoms with van der Waals surface area (Å²) in [5.74, 6) is 1.35. The van der Waals surface area contributed by atoms with Crippen molar-refractivity contribution in [1.29, 1.82) is 0 Å². The van der Waals surface area contributed by atoms with Gasteiger partial charge in [-0.1, -0.05) is 25.0 Å². The second-order valence-electron chi connectivity index (χ2n) is 6.50. The van der Waals surface area contributed by atoms with Crippen LogP contribution in [-0.4, -0.2) is 47.5 Å². The van der Waals surface area contributed by atoms with Gasteiger partial charge in [0.05, 0.1) is 7.11 Å². The summed E-state index contributed by atoms with van der Waals surface area (Å²) in [6.45, 7) is 2.33. The van der Waals surface area contributed by atoms with Gasteiger partial charge in [0.25, 0.3) is 5.91 Å². The molecule has 138 valence electrons. The molecular weight excluding hydrogens is 328 g/mol. The summed E-state index contributed by atoms with van der Waals surface area (Å²) in [7, 11) is 1.66. The maximum atomic E-state index is 12.7. The van der Waals surface area contributed by atoms with E-state index in [-0.39, 0.29) is 5.91 Å². The molecule has 6 heteroatoms. The molecule has 1 amide bonds. The van der Waals surface area contributed by atoms with Gasteiger partial charge in [-0.05, 0) is 43.0 Å². The number of rotatable bonds is 6. The Morgan fingerprint density at radius 3 is 2.77 bits per heavy atom. The number of nitrogens with one attached hydrogen (secondary N) is 1. The quantitative estimate of drug-likeness (QED) is 0.863. The Morgan fingerprint density at radius 1 is 1.19 bits per heavy atom. The minimum atomic E-state index is 0.00476.